The lowest BCUT2D eigenvalue weighted by atomic mass is 10.1. The van der Waals surface area contributed by atoms with E-state index < -0.39 is 0 Å². The van der Waals surface area contributed by atoms with Crippen LogP contribution in [0.1, 0.15) is 16.5 Å². The molecule has 35 heavy (non-hydrogen) atoms. The van der Waals surface area contributed by atoms with Gasteiger partial charge in [0.05, 0.1) is 23.0 Å². The van der Waals surface area contributed by atoms with Crippen molar-refractivity contribution in [2.45, 2.75) is 12.5 Å². The molecule has 1 aliphatic rings. The maximum atomic E-state index is 12.2. The van der Waals surface area contributed by atoms with Crippen molar-refractivity contribution in [3.8, 4) is 11.5 Å². The first-order chi connectivity index (χ1) is 17.0. The Morgan fingerprint density at radius 2 is 1.97 bits per heavy atom. The Balaban J connectivity index is 1.21. The number of nitrogens with zero attached hydrogens (tertiary/aromatic N) is 3. The van der Waals surface area contributed by atoms with Crippen LogP contribution in [-0.2, 0) is 11.2 Å². The fraction of sp³-hybridized carbons (Fsp3) is 0.154. The number of thiophene rings is 1. The monoisotopic (exact) mass is 501 g/mol. The Hall–Kier alpha value is -3.82. The Labute approximate surface area is 212 Å². The second-order valence-electron chi connectivity index (χ2n) is 8.18. The molecule has 0 saturated carbocycles. The summed E-state index contributed by atoms with van der Waals surface area (Å²) in [5.74, 6) is 1.28. The van der Waals surface area contributed by atoms with Gasteiger partial charge >= 0.3 is 0 Å². The fourth-order valence-corrected chi connectivity index (χ4v) is 5.09. The number of carbonyl (C=O) groups excluding carboxylic acids is 1. The number of anilines is 1. The maximum Gasteiger partial charge on any atom is 0.230 e. The number of aromatic nitrogens is 1. The molecule has 2 aromatic heterocycles. The first-order valence-corrected chi connectivity index (χ1v) is 12.3. The molecule has 2 aromatic carbocycles. The molecule has 0 aliphatic carbocycles. The molecule has 5 rings (SSSR count). The Kier molecular flexibility index (Phi) is 6.69. The molecule has 0 saturated heterocycles. The highest BCUT2D eigenvalue weighted by Crippen LogP contribution is 2.38. The summed E-state index contributed by atoms with van der Waals surface area (Å²) >= 11 is 6.94. The van der Waals surface area contributed by atoms with Gasteiger partial charge < -0.3 is 20.3 Å². The number of amides is 1. The van der Waals surface area contributed by atoms with Crippen molar-refractivity contribution < 1.29 is 9.53 Å². The highest BCUT2D eigenvalue weighted by atomic mass is 32.1. The molecular formula is C26H23N5O2S2. The van der Waals surface area contributed by atoms with Crippen LogP contribution in [0, 0.1) is 0 Å². The summed E-state index contributed by atoms with van der Waals surface area (Å²) in [6, 6.07) is 21.0. The van der Waals surface area contributed by atoms with Crippen molar-refractivity contribution in [2.75, 3.05) is 18.9 Å². The second-order valence-corrected chi connectivity index (χ2v) is 9.68. The molecule has 176 valence electrons. The van der Waals surface area contributed by atoms with Crippen LogP contribution in [0.5, 0.6) is 11.5 Å². The summed E-state index contributed by atoms with van der Waals surface area (Å²) < 4.78 is 7.17. The largest absolute Gasteiger partial charge is 0.456 e. The van der Waals surface area contributed by atoms with E-state index in [-0.39, 0.29) is 23.5 Å². The quantitative estimate of drug-likeness (QED) is 0.356. The molecule has 2 N–H and O–H groups in total. The lowest BCUT2D eigenvalue weighted by Crippen LogP contribution is -2.35. The molecule has 3 heterocycles. The fourth-order valence-electron chi connectivity index (χ4n) is 3.75. The number of thiocarbonyl (C=S) groups is 1. The van der Waals surface area contributed by atoms with Gasteiger partial charge in [0.2, 0.25) is 5.91 Å². The van der Waals surface area contributed by atoms with E-state index in [1.54, 1.807) is 17.5 Å². The van der Waals surface area contributed by atoms with Gasteiger partial charge in [0.25, 0.3) is 0 Å². The van der Waals surface area contributed by atoms with E-state index >= 15 is 0 Å². The maximum absolute atomic E-state index is 12.2. The van der Waals surface area contributed by atoms with Crippen LogP contribution >= 0.6 is 23.6 Å². The molecule has 1 atom stereocenters. The van der Waals surface area contributed by atoms with E-state index in [4.69, 9.17) is 17.0 Å². The van der Waals surface area contributed by atoms with E-state index in [9.17, 15) is 4.79 Å². The van der Waals surface area contributed by atoms with Gasteiger partial charge in [-0.25, -0.2) is 0 Å². The SMILES string of the molecule is CN1C=NC(c2cc3nccc(Oc4ccc(NC(=S)NC(=O)Cc5ccccc5)cc4)c3s2)C1. The number of benzene rings is 2. The van der Waals surface area contributed by atoms with E-state index in [0.717, 1.165) is 33.8 Å². The number of rotatable bonds is 6. The van der Waals surface area contributed by atoms with Crippen LogP contribution in [0.2, 0.25) is 0 Å². The minimum absolute atomic E-state index is 0.134. The topological polar surface area (TPSA) is 78.8 Å². The van der Waals surface area contributed by atoms with Crippen molar-refractivity contribution in [1.29, 1.82) is 0 Å². The van der Waals surface area contributed by atoms with Crippen LogP contribution in [0.4, 0.5) is 5.69 Å². The summed E-state index contributed by atoms with van der Waals surface area (Å²) in [5.41, 5.74) is 2.59. The zero-order valence-corrected chi connectivity index (χ0v) is 20.6. The van der Waals surface area contributed by atoms with Crippen molar-refractivity contribution in [1.82, 2.24) is 15.2 Å². The van der Waals surface area contributed by atoms with Gasteiger partial charge in [0.15, 0.2) is 5.11 Å². The van der Waals surface area contributed by atoms with Gasteiger partial charge in [0.1, 0.15) is 17.5 Å². The van der Waals surface area contributed by atoms with Crippen LogP contribution in [0.25, 0.3) is 10.2 Å². The van der Waals surface area contributed by atoms with Crippen molar-refractivity contribution >= 4 is 56.8 Å². The first kappa shape index (κ1) is 22.9. The number of pyridine rings is 1. The molecule has 0 radical (unpaired) electrons. The highest BCUT2D eigenvalue weighted by Gasteiger charge is 2.20. The van der Waals surface area contributed by atoms with Gasteiger partial charge in [-0.15, -0.1) is 11.3 Å². The summed E-state index contributed by atoms with van der Waals surface area (Å²) in [6.45, 7) is 0.867. The predicted octanol–water partition coefficient (Wildman–Crippen LogP) is 5.16. The summed E-state index contributed by atoms with van der Waals surface area (Å²) in [7, 11) is 2.02. The number of aliphatic imine (C=N–C) groups is 1. The normalized spacial score (nSPS) is 14.8. The van der Waals surface area contributed by atoms with Crippen LogP contribution in [0.15, 0.2) is 77.9 Å². The predicted molar refractivity (Wildman–Crippen MR) is 145 cm³/mol. The van der Waals surface area contributed by atoms with Crippen molar-refractivity contribution in [3.05, 3.63) is 83.4 Å². The molecule has 0 spiro atoms. The Morgan fingerprint density at radius 1 is 1.17 bits per heavy atom. The third kappa shape index (κ3) is 5.64. The number of hydrogen-bond donors (Lipinski definition) is 2. The molecular weight excluding hydrogens is 478 g/mol. The van der Waals surface area contributed by atoms with Crippen LogP contribution in [0.3, 0.4) is 0 Å². The number of carbonyl (C=O) groups is 1. The summed E-state index contributed by atoms with van der Waals surface area (Å²) in [5, 5.41) is 6.00. The second kappa shape index (κ2) is 10.2. The van der Waals surface area contributed by atoms with E-state index in [2.05, 4.69) is 31.6 Å². The molecule has 4 aromatic rings. The highest BCUT2D eigenvalue weighted by molar-refractivity contribution is 7.80. The van der Waals surface area contributed by atoms with Gasteiger partial charge in [-0.2, -0.15) is 0 Å². The van der Waals surface area contributed by atoms with Crippen LogP contribution < -0.4 is 15.4 Å². The number of nitrogens with one attached hydrogen (secondary N) is 2. The number of likely N-dealkylation sites (N-methyl/N-ethyl adjacent to an activating group) is 1. The minimum atomic E-state index is -0.166. The minimum Gasteiger partial charge on any atom is -0.456 e. The third-order valence-corrected chi connectivity index (χ3v) is 6.87. The Bertz CT molecular complexity index is 1390. The third-order valence-electron chi connectivity index (χ3n) is 5.43. The Morgan fingerprint density at radius 3 is 2.71 bits per heavy atom. The average Bonchev–Trinajstić information content (AvgIpc) is 3.47. The molecule has 1 unspecified atom stereocenters. The smallest absolute Gasteiger partial charge is 0.230 e. The zero-order valence-electron chi connectivity index (χ0n) is 19.0. The molecule has 1 aliphatic heterocycles. The molecule has 7 nitrogen and oxygen atoms in total. The lowest BCUT2D eigenvalue weighted by molar-refractivity contribution is -0.119. The van der Waals surface area contributed by atoms with E-state index in [1.165, 1.54) is 4.88 Å². The number of hydrogen-bond acceptors (Lipinski definition) is 7. The van der Waals surface area contributed by atoms with Gasteiger partial charge in [0, 0.05) is 36.4 Å². The average molecular weight is 502 g/mol. The molecule has 1 amide bonds. The van der Waals surface area contributed by atoms with Crippen LogP contribution in [-0.4, -0.2) is 40.8 Å². The number of fused-ring (bicyclic) bond motifs is 1. The first-order valence-electron chi connectivity index (χ1n) is 11.1. The van der Waals surface area contributed by atoms with Gasteiger partial charge in [-0.1, -0.05) is 30.3 Å². The zero-order chi connectivity index (χ0) is 24.2. The summed E-state index contributed by atoms with van der Waals surface area (Å²) in [4.78, 5) is 24.5. The molecule has 0 bridgehead atoms. The van der Waals surface area contributed by atoms with E-state index in [1.807, 2.05) is 74.0 Å². The molecule has 9 heteroatoms. The molecule has 0 fully saturated rings. The van der Waals surface area contributed by atoms with Crippen molar-refractivity contribution in [2.24, 2.45) is 4.99 Å². The van der Waals surface area contributed by atoms with E-state index in [0.29, 0.717) is 5.75 Å². The van der Waals surface area contributed by atoms with Gasteiger partial charge in [-0.05, 0) is 48.1 Å². The van der Waals surface area contributed by atoms with Gasteiger partial charge in [-0.3, -0.25) is 14.8 Å². The van der Waals surface area contributed by atoms with Crippen molar-refractivity contribution in [3.63, 3.8) is 0 Å². The summed E-state index contributed by atoms with van der Waals surface area (Å²) in [6.07, 6.45) is 3.89. The standard InChI is InChI=1S/C26H23N5O2S2/c1-31-15-21(28-16-31)23-14-20-25(35-23)22(11-12-27-20)33-19-9-7-18(8-10-19)29-26(34)30-24(32)13-17-5-3-2-4-6-17/h2-12,14,16,21H,13,15H2,1H3,(H2,29,30,32,34). The number of ether oxygens (including phenoxy) is 1. The lowest BCUT2D eigenvalue weighted by Gasteiger charge is -2.11.